The van der Waals surface area contributed by atoms with E-state index >= 15 is 0 Å². The number of hydrazine groups is 2. The van der Waals surface area contributed by atoms with Gasteiger partial charge in [0.1, 0.15) is 6.54 Å². The largest absolute Gasteiger partial charge is 0.408 e. The van der Waals surface area contributed by atoms with Crippen molar-refractivity contribution in [1.82, 2.24) is 35.5 Å². The van der Waals surface area contributed by atoms with Crippen molar-refractivity contribution in [2.45, 2.75) is 19.3 Å². The van der Waals surface area contributed by atoms with Crippen molar-refractivity contribution in [2.75, 3.05) is 10.4 Å². The second-order valence-electron chi connectivity index (χ2n) is 6.15. The minimum Gasteiger partial charge on any atom is -0.285 e. The maximum Gasteiger partial charge on any atom is 0.408 e. The highest BCUT2D eigenvalue weighted by molar-refractivity contribution is 7.19. The van der Waals surface area contributed by atoms with Crippen LogP contribution in [0.5, 0.6) is 0 Å². The van der Waals surface area contributed by atoms with E-state index in [1.165, 1.54) is 18.6 Å². The lowest BCUT2D eigenvalue weighted by Gasteiger charge is -2.15. The van der Waals surface area contributed by atoms with E-state index in [1.54, 1.807) is 22.5 Å². The van der Waals surface area contributed by atoms with Crippen molar-refractivity contribution >= 4 is 33.2 Å². The Bertz CT molecular complexity index is 1120. The summed E-state index contributed by atoms with van der Waals surface area (Å²) < 4.78 is 39.5. The molecule has 0 bridgehead atoms. The highest BCUT2D eigenvalue weighted by Crippen LogP contribution is 2.31. The van der Waals surface area contributed by atoms with Gasteiger partial charge in [-0.25, -0.2) is 9.97 Å². The number of rotatable bonds is 4. The molecule has 0 fully saturated rings. The highest BCUT2D eigenvalue weighted by Gasteiger charge is 2.29. The van der Waals surface area contributed by atoms with Crippen LogP contribution in [0.4, 0.5) is 24.8 Å². The van der Waals surface area contributed by atoms with E-state index in [1.807, 2.05) is 6.07 Å². The molecule has 0 spiro atoms. The van der Waals surface area contributed by atoms with E-state index in [4.69, 9.17) is 0 Å². The molecule has 9 nitrogen and oxygen atoms in total. The maximum absolute atomic E-state index is 12.5. The number of alkyl halides is 3. The summed E-state index contributed by atoms with van der Waals surface area (Å²) in [7, 11) is 0. The summed E-state index contributed by atoms with van der Waals surface area (Å²) in [4.78, 5) is 9.91. The number of thiophene rings is 1. The number of fused-ring (bicyclic) bond motifs is 2. The molecule has 0 amide bonds. The Labute approximate surface area is 159 Å². The quantitative estimate of drug-likeness (QED) is 0.478. The minimum atomic E-state index is -4.34. The van der Waals surface area contributed by atoms with Crippen LogP contribution in [0.25, 0.3) is 21.5 Å². The van der Waals surface area contributed by atoms with E-state index in [2.05, 4.69) is 36.2 Å². The fourth-order valence-corrected chi connectivity index (χ4v) is 3.86. The molecule has 4 aromatic heterocycles. The first-order chi connectivity index (χ1) is 13.4. The van der Waals surface area contributed by atoms with Crippen LogP contribution in [0.3, 0.4) is 0 Å². The first-order valence-electron chi connectivity index (χ1n) is 8.12. The highest BCUT2D eigenvalue weighted by atomic mass is 32.1. The molecule has 0 saturated carbocycles. The summed E-state index contributed by atoms with van der Waals surface area (Å²) in [6.07, 6.45) is 1.57. The molecule has 28 heavy (non-hydrogen) atoms. The molecule has 4 aromatic rings. The van der Waals surface area contributed by atoms with Gasteiger partial charge in [0.25, 0.3) is 0 Å². The van der Waals surface area contributed by atoms with Crippen LogP contribution in [0.15, 0.2) is 30.9 Å². The number of H-pyrrole nitrogens is 1. The Balaban J connectivity index is 1.40. The Hall–Kier alpha value is -3.19. The molecule has 1 aliphatic rings. The van der Waals surface area contributed by atoms with E-state index in [0.29, 0.717) is 29.4 Å². The van der Waals surface area contributed by atoms with Gasteiger partial charge >= 0.3 is 6.18 Å². The third-order valence-corrected chi connectivity index (χ3v) is 5.14. The second-order valence-corrected chi connectivity index (χ2v) is 7.32. The number of hydrogen-bond donors (Lipinski definition) is 3. The molecule has 0 unspecified atom stereocenters. The second kappa shape index (κ2) is 6.17. The van der Waals surface area contributed by atoms with Crippen LogP contribution in [0, 0.1) is 0 Å². The lowest BCUT2D eigenvalue weighted by molar-refractivity contribution is -0.142. The molecule has 1 aliphatic heterocycles. The lowest BCUT2D eigenvalue weighted by atomic mass is 10.2. The van der Waals surface area contributed by atoms with Crippen LogP contribution in [0.1, 0.15) is 4.88 Å². The average molecular weight is 407 g/mol. The Morgan fingerprint density at radius 1 is 1.18 bits per heavy atom. The Morgan fingerprint density at radius 3 is 2.89 bits per heavy atom. The van der Waals surface area contributed by atoms with Gasteiger partial charge in [0.15, 0.2) is 11.6 Å². The number of aromatic nitrogens is 6. The topological polar surface area (TPSA) is 99.6 Å². The van der Waals surface area contributed by atoms with Crippen LogP contribution in [-0.4, -0.2) is 36.1 Å². The fraction of sp³-hybridized carbons (Fsp3) is 0.200. The zero-order valence-corrected chi connectivity index (χ0v) is 14.8. The van der Waals surface area contributed by atoms with Crippen molar-refractivity contribution in [3.8, 4) is 11.3 Å². The summed E-state index contributed by atoms with van der Waals surface area (Å²) in [5, 5.41) is 12.4. The molecule has 0 atom stereocenters. The molecule has 5 heterocycles. The van der Waals surface area contributed by atoms with Gasteiger partial charge in [-0.3, -0.25) is 20.2 Å². The molecule has 0 aliphatic carbocycles. The van der Waals surface area contributed by atoms with Gasteiger partial charge in [-0.15, -0.1) is 16.9 Å². The van der Waals surface area contributed by atoms with E-state index in [0.717, 1.165) is 19.8 Å². The van der Waals surface area contributed by atoms with Gasteiger partial charge in [0, 0.05) is 16.6 Å². The number of aromatic amines is 1. The van der Waals surface area contributed by atoms with Crippen molar-refractivity contribution in [3.63, 3.8) is 0 Å². The van der Waals surface area contributed by atoms with Gasteiger partial charge in [0.05, 0.1) is 41.0 Å². The SMILES string of the molecule is FC(F)(F)Cn1cc(-c2cnc3c(n2)N(Cc2cc4[nH]ncc4s2)NN3)cn1. The predicted molar refractivity (Wildman–Crippen MR) is 96.2 cm³/mol. The average Bonchev–Trinajstić information content (AvgIpc) is 3.37. The fourth-order valence-electron chi connectivity index (χ4n) is 2.88. The van der Waals surface area contributed by atoms with Crippen molar-refractivity contribution in [1.29, 1.82) is 0 Å². The third-order valence-electron chi connectivity index (χ3n) is 4.08. The third kappa shape index (κ3) is 3.14. The van der Waals surface area contributed by atoms with Crippen molar-refractivity contribution in [2.24, 2.45) is 0 Å². The van der Waals surface area contributed by atoms with E-state index in [9.17, 15) is 13.2 Å². The van der Waals surface area contributed by atoms with Crippen molar-refractivity contribution in [3.05, 3.63) is 35.7 Å². The number of nitrogens with zero attached hydrogens (tertiary/aromatic N) is 6. The van der Waals surface area contributed by atoms with Crippen LogP contribution in [0.2, 0.25) is 0 Å². The Kier molecular flexibility index (Phi) is 3.73. The van der Waals surface area contributed by atoms with Gasteiger partial charge in [0.2, 0.25) is 0 Å². The number of nitrogens with one attached hydrogen (secondary N) is 3. The summed E-state index contributed by atoms with van der Waals surface area (Å²) in [5.74, 6) is 1.09. The maximum atomic E-state index is 12.5. The number of halogens is 3. The number of hydrogen-bond acceptors (Lipinski definition) is 8. The zero-order valence-electron chi connectivity index (χ0n) is 14.0. The molecule has 0 aromatic carbocycles. The van der Waals surface area contributed by atoms with E-state index < -0.39 is 12.7 Å². The van der Waals surface area contributed by atoms with Gasteiger partial charge < -0.3 is 0 Å². The molecule has 3 N–H and O–H groups in total. The predicted octanol–water partition coefficient (Wildman–Crippen LogP) is 2.69. The molecule has 0 radical (unpaired) electrons. The van der Waals surface area contributed by atoms with E-state index in [-0.39, 0.29) is 0 Å². The lowest BCUT2D eigenvalue weighted by Crippen LogP contribution is -2.35. The van der Waals surface area contributed by atoms with Gasteiger partial charge in [-0.05, 0) is 6.07 Å². The van der Waals surface area contributed by atoms with Crippen LogP contribution >= 0.6 is 11.3 Å². The summed E-state index contributed by atoms with van der Waals surface area (Å²) in [5.41, 5.74) is 7.78. The smallest absolute Gasteiger partial charge is 0.285 e. The standard InChI is InChI=1S/C15H12F3N9S/c16-15(17,18)7-26-5-8(2-21-26)11-3-19-13-14(22-11)27(25-24-13)6-9-1-10-12(28-9)4-20-23-10/h1-5,25H,6-7H2,(H,19,24)(H,20,23). The van der Waals surface area contributed by atoms with Gasteiger partial charge in [-0.1, -0.05) is 0 Å². The molecule has 13 heteroatoms. The van der Waals surface area contributed by atoms with Crippen LogP contribution < -0.4 is 16.0 Å². The summed E-state index contributed by atoms with van der Waals surface area (Å²) in [6.45, 7) is -0.625. The summed E-state index contributed by atoms with van der Waals surface area (Å²) in [6, 6.07) is 2.01. The minimum absolute atomic E-state index is 0.435. The van der Waals surface area contributed by atoms with Gasteiger partial charge in [-0.2, -0.15) is 23.4 Å². The number of anilines is 2. The zero-order chi connectivity index (χ0) is 19.3. The molecular weight excluding hydrogens is 395 g/mol. The summed E-state index contributed by atoms with van der Waals surface area (Å²) >= 11 is 1.60. The first-order valence-corrected chi connectivity index (χ1v) is 8.94. The normalized spacial score (nSPS) is 13.9. The molecule has 5 rings (SSSR count). The molecular formula is C15H12F3N9S. The Morgan fingerprint density at radius 2 is 2.07 bits per heavy atom. The first kappa shape index (κ1) is 16.9. The molecule has 0 saturated heterocycles. The van der Waals surface area contributed by atoms with Crippen LogP contribution in [-0.2, 0) is 13.1 Å². The monoisotopic (exact) mass is 407 g/mol. The van der Waals surface area contributed by atoms with Crippen molar-refractivity contribution < 1.29 is 13.2 Å². The molecule has 144 valence electrons.